The van der Waals surface area contributed by atoms with Gasteiger partial charge >= 0.3 is 0 Å². The molecular formula is C10H21NO. The molecule has 0 aromatic heterocycles. The average Bonchev–Trinajstić information content (AvgIpc) is 2.14. The highest BCUT2D eigenvalue weighted by molar-refractivity contribution is 4.67. The molecule has 0 aliphatic carbocycles. The van der Waals surface area contributed by atoms with Crippen LogP contribution in [0.4, 0.5) is 0 Å². The van der Waals surface area contributed by atoms with E-state index in [0.717, 1.165) is 25.7 Å². The van der Waals surface area contributed by atoms with E-state index in [1.165, 1.54) is 32.2 Å². The molecule has 0 amide bonds. The van der Waals surface area contributed by atoms with Crippen LogP contribution in [0.1, 0.15) is 32.6 Å². The zero-order valence-electron chi connectivity index (χ0n) is 8.14. The molecule has 1 rings (SSSR count). The van der Waals surface area contributed by atoms with E-state index < -0.39 is 0 Å². The molecular weight excluding hydrogens is 150 g/mol. The van der Waals surface area contributed by atoms with Gasteiger partial charge in [-0.05, 0) is 31.7 Å². The Morgan fingerprint density at radius 1 is 1.50 bits per heavy atom. The van der Waals surface area contributed by atoms with Gasteiger partial charge in [0, 0.05) is 13.2 Å². The molecule has 1 saturated heterocycles. The summed E-state index contributed by atoms with van der Waals surface area (Å²) in [6.07, 6.45) is 5.12. The first kappa shape index (κ1) is 10.0. The predicted molar refractivity (Wildman–Crippen MR) is 51.3 cm³/mol. The van der Waals surface area contributed by atoms with Gasteiger partial charge in [-0.1, -0.05) is 13.3 Å². The lowest BCUT2D eigenvalue weighted by atomic mass is 10.0. The molecule has 1 heterocycles. The summed E-state index contributed by atoms with van der Waals surface area (Å²) >= 11 is 0. The van der Waals surface area contributed by atoms with Crippen LogP contribution in [0.15, 0.2) is 0 Å². The van der Waals surface area contributed by atoms with Crippen molar-refractivity contribution in [2.24, 2.45) is 5.92 Å². The molecule has 2 nitrogen and oxygen atoms in total. The number of hydrogen-bond donors (Lipinski definition) is 1. The van der Waals surface area contributed by atoms with E-state index in [-0.39, 0.29) is 0 Å². The van der Waals surface area contributed by atoms with Crippen molar-refractivity contribution in [3.05, 3.63) is 0 Å². The van der Waals surface area contributed by atoms with Crippen LogP contribution in [0.3, 0.4) is 0 Å². The van der Waals surface area contributed by atoms with Crippen molar-refractivity contribution < 1.29 is 4.74 Å². The maximum atomic E-state index is 5.57. The van der Waals surface area contributed by atoms with E-state index >= 15 is 0 Å². The fourth-order valence-electron chi connectivity index (χ4n) is 1.56. The second-order valence-corrected chi connectivity index (χ2v) is 3.64. The van der Waals surface area contributed by atoms with Gasteiger partial charge in [0.25, 0.3) is 0 Å². The van der Waals surface area contributed by atoms with Gasteiger partial charge in [0.2, 0.25) is 0 Å². The summed E-state index contributed by atoms with van der Waals surface area (Å²) in [7, 11) is 0. The van der Waals surface area contributed by atoms with Crippen LogP contribution in [-0.2, 0) is 4.74 Å². The fourth-order valence-corrected chi connectivity index (χ4v) is 1.56. The minimum Gasteiger partial charge on any atom is -0.381 e. The topological polar surface area (TPSA) is 21.3 Å². The maximum absolute atomic E-state index is 5.57. The number of rotatable bonds is 5. The van der Waals surface area contributed by atoms with Gasteiger partial charge in [-0.2, -0.15) is 0 Å². The van der Waals surface area contributed by atoms with Crippen LogP contribution < -0.4 is 5.32 Å². The summed E-state index contributed by atoms with van der Waals surface area (Å²) in [5.41, 5.74) is 0. The van der Waals surface area contributed by atoms with Crippen molar-refractivity contribution in [2.45, 2.75) is 32.6 Å². The van der Waals surface area contributed by atoms with E-state index in [9.17, 15) is 0 Å². The minimum atomic E-state index is 0.774. The Hall–Kier alpha value is -0.0800. The molecule has 1 unspecified atom stereocenters. The summed E-state index contributed by atoms with van der Waals surface area (Å²) in [5, 5.41) is 3.40. The first-order valence-electron chi connectivity index (χ1n) is 5.22. The van der Waals surface area contributed by atoms with Crippen LogP contribution in [0.2, 0.25) is 0 Å². The standard InChI is InChI=1S/C10H21NO/c1-2-3-7-12-9-10-5-4-6-11-8-10/h10-11H,2-9H2,1H3. The van der Waals surface area contributed by atoms with E-state index in [1.54, 1.807) is 0 Å². The summed E-state index contributed by atoms with van der Waals surface area (Å²) in [5.74, 6) is 0.774. The second-order valence-electron chi connectivity index (χ2n) is 3.64. The highest BCUT2D eigenvalue weighted by Crippen LogP contribution is 2.09. The van der Waals surface area contributed by atoms with Crippen LogP contribution in [0.25, 0.3) is 0 Å². The molecule has 2 heteroatoms. The molecule has 1 N–H and O–H groups in total. The maximum Gasteiger partial charge on any atom is 0.0506 e. The molecule has 1 fully saturated rings. The van der Waals surface area contributed by atoms with Gasteiger partial charge in [0.1, 0.15) is 0 Å². The quantitative estimate of drug-likeness (QED) is 0.637. The molecule has 0 aromatic carbocycles. The molecule has 0 saturated carbocycles. The van der Waals surface area contributed by atoms with Crippen molar-refractivity contribution in [3.8, 4) is 0 Å². The van der Waals surface area contributed by atoms with Crippen LogP contribution >= 0.6 is 0 Å². The van der Waals surface area contributed by atoms with Gasteiger partial charge in [-0.3, -0.25) is 0 Å². The van der Waals surface area contributed by atoms with Crippen molar-refractivity contribution in [1.29, 1.82) is 0 Å². The van der Waals surface area contributed by atoms with Crippen molar-refractivity contribution >= 4 is 0 Å². The molecule has 12 heavy (non-hydrogen) atoms. The summed E-state index contributed by atoms with van der Waals surface area (Å²) in [6, 6.07) is 0. The molecule has 0 radical (unpaired) electrons. The molecule has 0 spiro atoms. The number of ether oxygens (including phenoxy) is 1. The molecule has 0 bridgehead atoms. The lowest BCUT2D eigenvalue weighted by Crippen LogP contribution is -2.32. The van der Waals surface area contributed by atoms with Gasteiger partial charge in [0.05, 0.1) is 6.61 Å². The van der Waals surface area contributed by atoms with E-state index in [1.807, 2.05) is 0 Å². The smallest absolute Gasteiger partial charge is 0.0506 e. The second kappa shape index (κ2) is 6.44. The SMILES string of the molecule is CCCCOCC1CCCNC1. The Labute approximate surface area is 75.7 Å². The van der Waals surface area contributed by atoms with Gasteiger partial charge in [-0.15, -0.1) is 0 Å². The van der Waals surface area contributed by atoms with Crippen molar-refractivity contribution in [3.63, 3.8) is 0 Å². The zero-order valence-corrected chi connectivity index (χ0v) is 8.14. The molecule has 72 valence electrons. The monoisotopic (exact) mass is 171 g/mol. The van der Waals surface area contributed by atoms with Crippen molar-refractivity contribution in [1.82, 2.24) is 5.32 Å². The Morgan fingerprint density at radius 2 is 2.42 bits per heavy atom. The third kappa shape index (κ3) is 4.07. The number of hydrogen-bond acceptors (Lipinski definition) is 2. The van der Waals surface area contributed by atoms with E-state index in [0.29, 0.717) is 0 Å². The van der Waals surface area contributed by atoms with Gasteiger partial charge in [-0.25, -0.2) is 0 Å². The summed E-state index contributed by atoms with van der Waals surface area (Å²) < 4.78 is 5.57. The number of nitrogens with one attached hydrogen (secondary N) is 1. The normalized spacial score (nSPS) is 24.2. The third-order valence-corrected chi connectivity index (χ3v) is 2.39. The van der Waals surface area contributed by atoms with Crippen LogP contribution in [-0.4, -0.2) is 26.3 Å². The Bertz CT molecular complexity index is 100. The van der Waals surface area contributed by atoms with Crippen molar-refractivity contribution in [2.75, 3.05) is 26.3 Å². The first-order chi connectivity index (χ1) is 5.93. The highest BCUT2D eigenvalue weighted by Gasteiger charge is 2.12. The largest absolute Gasteiger partial charge is 0.381 e. The molecule has 0 aromatic rings. The summed E-state index contributed by atoms with van der Waals surface area (Å²) in [4.78, 5) is 0. The fraction of sp³-hybridized carbons (Fsp3) is 1.00. The van der Waals surface area contributed by atoms with Gasteiger partial charge in [0.15, 0.2) is 0 Å². The first-order valence-corrected chi connectivity index (χ1v) is 5.22. The van der Waals surface area contributed by atoms with Crippen LogP contribution in [0.5, 0.6) is 0 Å². The predicted octanol–water partition coefficient (Wildman–Crippen LogP) is 1.80. The third-order valence-electron chi connectivity index (χ3n) is 2.39. The molecule has 1 atom stereocenters. The van der Waals surface area contributed by atoms with E-state index in [2.05, 4.69) is 12.2 Å². The lowest BCUT2D eigenvalue weighted by Gasteiger charge is -2.22. The highest BCUT2D eigenvalue weighted by atomic mass is 16.5. The summed E-state index contributed by atoms with van der Waals surface area (Å²) in [6.45, 7) is 6.48. The lowest BCUT2D eigenvalue weighted by molar-refractivity contribution is 0.0878. The zero-order chi connectivity index (χ0) is 8.65. The Morgan fingerprint density at radius 3 is 3.08 bits per heavy atom. The van der Waals surface area contributed by atoms with E-state index in [4.69, 9.17) is 4.74 Å². The Kier molecular flexibility index (Phi) is 5.37. The molecule has 1 aliphatic rings. The number of unbranched alkanes of at least 4 members (excludes halogenated alkanes) is 1. The Balaban J connectivity index is 1.91. The van der Waals surface area contributed by atoms with Crippen LogP contribution in [0, 0.1) is 5.92 Å². The molecule has 1 aliphatic heterocycles. The minimum absolute atomic E-state index is 0.774. The average molecular weight is 171 g/mol. The number of piperidine rings is 1. The van der Waals surface area contributed by atoms with Gasteiger partial charge < -0.3 is 10.1 Å².